The number of carbonyl (C=O) groups excluding carboxylic acids is 3. The van der Waals surface area contributed by atoms with Crippen molar-refractivity contribution in [3.63, 3.8) is 0 Å². The zero-order valence-corrected chi connectivity index (χ0v) is 15.4. The minimum atomic E-state index is -0.419. The second-order valence-electron chi connectivity index (χ2n) is 7.11. The number of nitrogens with zero attached hydrogens (tertiary/aromatic N) is 2. The first-order valence-corrected chi connectivity index (χ1v) is 9.03. The first-order valence-electron chi connectivity index (χ1n) is 9.03. The fourth-order valence-corrected chi connectivity index (χ4v) is 3.45. The molecule has 0 unspecified atom stereocenters. The number of amides is 1. The van der Waals surface area contributed by atoms with Crippen LogP contribution < -0.4 is 0 Å². The van der Waals surface area contributed by atoms with Gasteiger partial charge in [-0.25, -0.2) is 4.79 Å². The van der Waals surface area contributed by atoms with Crippen molar-refractivity contribution < 1.29 is 19.1 Å². The maximum Gasteiger partial charge on any atom is 0.355 e. The summed E-state index contributed by atoms with van der Waals surface area (Å²) in [5, 5.41) is 0. The summed E-state index contributed by atoms with van der Waals surface area (Å²) in [4.78, 5) is 39.4. The van der Waals surface area contributed by atoms with Crippen LogP contribution >= 0.6 is 0 Å². The van der Waals surface area contributed by atoms with E-state index in [4.69, 9.17) is 4.74 Å². The monoisotopic (exact) mass is 346 g/mol. The van der Waals surface area contributed by atoms with Crippen molar-refractivity contribution in [3.05, 3.63) is 22.5 Å². The molecule has 136 valence electrons. The Hall–Kier alpha value is -2.11. The van der Waals surface area contributed by atoms with Crippen LogP contribution in [-0.4, -0.2) is 46.3 Å². The van der Waals surface area contributed by atoms with Gasteiger partial charge in [0.1, 0.15) is 5.69 Å². The fraction of sp³-hybridized carbons (Fsp3) is 0.632. The lowest BCUT2D eigenvalue weighted by atomic mass is 10.0. The number of hydrogen-bond donors (Lipinski definition) is 0. The first kappa shape index (κ1) is 17.7. The number of rotatable bonds is 7. The summed E-state index contributed by atoms with van der Waals surface area (Å²) in [6, 6.07) is 0.214. The Bertz CT molecular complexity index is 726. The molecule has 0 saturated heterocycles. The Morgan fingerprint density at radius 1 is 1.16 bits per heavy atom. The molecule has 0 aromatic carbocycles. The van der Waals surface area contributed by atoms with E-state index in [0.29, 0.717) is 16.8 Å². The van der Waals surface area contributed by atoms with Gasteiger partial charge < -0.3 is 14.2 Å². The Kier molecular flexibility index (Phi) is 4.71. The molecule has 0 radical (unpaired) electrons. The second-order valence-corrected chi connectivity index (χ2v) is 7.11. The van der Waals surface area contributed by atoms with Gasteiger partial charge in [0.15, 0.2) is 5.78 Å². The van der Waals surface area contributed by atoms with Gasteiger partial charge in [-0.2, -0.15) is 0 Å². The molecule has 6 nitrogen and oxygen atoms in total. The van der Waals surface area contributed by atoms with E-state index in [1.807, 2.05) is 6.92 Å². The quantitative estimate of drug-likeness (QED) is 0.562. The molecule has 0 N–H and O–H groups in total. The average Bonchev–Trinajstić information content (AvgIpc) is 3.45. The van der Waals surface area contributed by atoms with Crippen molar-refractivity contribution in [2.45, 2.75) is 52.5 Å². The first-order chi connectivity index (χ1) is 11.9. The van der Waals surface area contributed by atoms with Crippen molar-refractivity contribution in [1.29, 1.82) is 0 Å². The van der Waals surface area contributed by atoms with E-state index >= 15 is 0 Å². The van der Waals surface area contributed by atoms with Crippen molar-refractivity contribution in [2.75, 3.05) is 13.2 Å². The highest BCUT2D eigenvalue weighted by Gasteiger charge is 2.41. The number of esters is 1. The van der Waals surface area contributed by atoms with E-state index in [0.717, 1.165) is 31.4 Å². The molecule has 6 heteroatoms. The lowest BCUT2D eigenvalue weighted by molar-refractivity contribution is -0.132. The summed E-state index contributed by atoms with van der Waals surface area (Å²) >= 11 is 0. The Morgan fingerprint density at radius 2 is 1.80 bits per heavy atom. The number of Topliss-reactive ketones (excluding diaryl/α,β-unsaturated/α-hetero) is 1. The Morgan fingerprint density at radius 3 is 2.32 bits per heavy atom. The molecule has 2 aliphatic carbocycles. The van der Waals surface area contributed by atoms with E-state index in [1.54, 1.807) is 30.4 Å². The third kappa shape index (κ3) is 3.34. The molecular formula is C19H26N2O4. The Labute approximate surface area is 148 Å². The SMILES string of the molecule is CCOC(=O)c1c(C)c(C(=O)CN(C(=O)C2CC2)C2CC2)c(C)n1C. The highest BCUT2D eigenvalue weighted by Crippen LogP contribution is 2.36. The third-order valence-electron chi connectivity index (χ3n) is 5.19. The molecule has 1 heterocycles. The van der Waals surface area contributed by atoms with Gasteiger partial charge in [-0.1, -0.05) is 0 Å². The van der Waals surface area contributed by atoms with Crippen LogP contribution in [0.1, 0.15) is 64.7 Å². The zero-order chi connectivity index (χ0) is 18.3. The molecule has 0 aliphatic heterocycles. The molecule has 2 fully saturated rings. The summed E-state index contributed by atoms with van der Waals surface area (Å²) < 4.78 is 6.82. The largest absolute Gasteiger partial charge is 0.461 e. The van der Waals surface area contributed by atoms with Crippen molar-refractivity contribution in [1.82, 2.24) is 9.47 Å². The summed E-state index contributed by atoms with van der Waals surface area (Å²) in [5.41, 5.74) is 2.33. The highest BCUT2D eigenvalue weighted by atomic mass is 16.5. The van der Waals surface area contributed by atoms with Crippen molar-refractivity contribution >= 4 is 17.7 Å². The van der Waals surface area contributed by atoms with Gasteiger partial charge in [0.05, 0.1) is 13.2 Å². The highest BCUT2D eigenvalue weighted by molar-refractivity contribution is 6.05. The number of hydrogen-bond acceptors (Lipinski definition) is 4. The van der Waals surface area contributed by atoms with Gasteiger partial charge in [-0.05, 0) is 52.0 Å². The maximum absolute atomic E-state index is 13.0. The minimum Gasteiger partial charge on any atom is -0.461 e. The van der Waals surface area contributed by atoms with Gasteiger partial charge >= 0.3 is 5.97 Å². The van der Waals surface area contributed by atoms with E-state index in [1.165, 1.54) is 0 Å². The Balaban J connectivity index is 1.85. The van der Waals surface area contributed by atoms with Gasteiger partial charge in [0, 0.05) is 30.3 Å². The summed E-state index contributed by atoms with van der Waals surface area (Å²) in [7, 11) is 1.76. The topological polar surface area (TPSA) is 68.6 Å². The van der Waals surface area contributed by atoms with Crippen molar-refractivity contribution in [3.8, 4) is 0 Å². The van der Waals surface area contributed by atoms with Crippen LogP contribution in [-0.2, 0) is 16.6 Å². The van der Waals surface area contributed by atoms with Gasteiger partial charge in [0.2, 0.25) is 5.91 Å². The van der Waals surface area contributed by atoms with Crippen LogP contribution in [0.2, 0.25) is 0 Å². The lowest BCUT2D eigenvalue weighted by Crippen LogP contribution is -2.38. The molecular weight excluding hydrogens is 320 g/mol. The van der Waals surface area contributed by atoms with Gasteiger partial charge in [-0.3, -0.25) is 9.59 Å². The van der Waals surface area contributed by atoms with Crippen LogP contribution in [0.15, 0.2) is 0 Å². The molecule has 2 aliphatic rings. The smallest absolute Gasteiger partial charge is 0.355 e. The van der Waals surface area contributed by atoms with Gasteiger partial charge in [0.25, 0.3) is 0 Å². The van der Waals surface area contributed by atoms with E-state index in [2.05, 4.69) is 0 Å². The lowest BCUT2D eigenvalue weighted by Gasteiger charge is -2.21. The summed E-state index contributed by atoms with van der Waals surface area (Å²) in [6.45, 7) is 5.75. The molecule has 0 atom stereocenters. The standard InChI is InChI=1S/C19H26N2O4/c1-5-25-19(24)17-11(2)16(12(3)20(17)4)15(22)10-21(14-8-9-14)18(23)13-6-7-13/h13-14H,5-10H2,1-4H3. The number of carbonyl (C=O) groups is 3. The molecule has 2 saturated carbocycles. The molecule has 1 aromatic rings. The van der Waals surface area contributed by atoms with Gasteiger partial charge in [-0.15, -0.1) is 0 Å². The average molecular weight is 346 g/mol. The molecule has 25 heavy (non-hydrogen) atoms. The number of ketones is 1. The van der Waals surface area contributed by atoms with Crippen LogP contribution in [0.25, 0.3) is 0 Å². The van der Waals surface area contributed by atoms with Crippen LogP contribution in [0.3, 0.4) is 0 Å². The molecule has 1 amide bonds. The van der Waals surface area contributed by atoms with Crippen LogP contribution in [0.5, 0.6) is 0 Å². The molecule has 3 rings (SSSR count). The summed E-state index contributed by atoms with van der Waals surface area (Å²) in [5.74, 6) is -0.283. The fourth-order valence-electron chi connectivity index (χ4n) is 3.45. The molecule has 0 bridgehead atoms. The zero-order valence-electron chi connectivity index (χ0n) is 15.4. The van der Waals surface area contributed by atoms with Crippen LogP contribution in [0, 0.1) is 19.8 Å². The normalized spacial score (nSPS) is 16.6. The maximum atomic E-state index is 13.0. The van der Waals surface area contributed by atoms with E-state index in [-0.39, 0.29) is 36.8 Å². The molecule has 0 spiro atoms. The minimum absolute atomic E-state index is 0.0953. The number of aromatic nitrogens is 1. The van der Waals surface area contributed by atoms with E-state index in [9.17, 15) is 14.4 Å². The van der Waals surface area contributed by atoms with Crippen molar-refractivity contribution in [2.24, 2.45) is 13.0 Å². The number of ether oxygens (including phenoxy) is 1. The predicted octanol–water partition coefficient (Wildman–Crippen LogP) is 2.40. The predicted molar refractivity (Wildman–Crippen MR) is 92.6 cm³/mol. The molecule has 1 aromatic heterocycles. The van der Waals surface area contributed by atoms with Crippen LogP contribution in [0.4, 0.5) is 0 Å². The van der Waals surface area contributed by atoms with E-state index < -0.39 is 5.97 Å². The second kappa shape index (κ2) is 6.65. The summed E-state index contributed by atoms with van der Waals surface area (Å²) in [6.07, 6.45) is 3.83. The third-order valence-corrected chi connectivity index (χ3v) is 5.19.